The summed E-state index contributed by atoms with van der Waals surface area (Å²) in [5.41, 5.74) is 2.10. The third-order valence-electron chi connectivity index (χ3n) is 4.53. The number of pyridine rings is 1. The minimum atomic E-state index is -3.02. The molecule has 0 saturated carbocycles. The average Bonchev–Trinajstić information content (AvgIpc) is 3.00. The van der Waals surface area contributed by atoms with Gasteiger partial charge in [-0.15, -0.1) is 0 Å². The molecule has 3 aromatic rings. The first-order chi connectivity index (χ1) is 13.4. The Morgan fingerprint density at radius 2 is 2.00 bits per heavy atom. The zero-order valence-corrected chi connectivity index (χ0v) is 16.0. The highest BCUT2D eigenvalue weighted by molar-refractivity contribution is 7.91. The Labute approximate surface area is 162 Å². The van der Waals surface area contributed by atoms with Crippen LogP contribution in [0.25, 0.3) is 10.9 Å². The van der Waals surface area contributed by atoms with Crippen molar-refractivity contribution in [3.05, 3.63) is 54.0 Å². The van der Waals surface area contributed by atoms with Gasteiger partial charge < -0.3 is 10.6 Å². The molecule has 3 heterocycles. The fourth-order valence-electron chi connectivity index (χ4n) is 3.23. The quantitative estimate of drug-likeness (QED) is 0.693. The topological polar surface area (TPSA) is 114 Å². The van der Waals surface area contributed by atoms with Crippen LogP contribution >= 0.6 is 0 Å². The van der Waals surface area contributed by atoms with Gasteiger partial charge in [-0.1, -0.05) is 18.2 Å². The summed E-state index contributed by atoms with van der Waals surface area (Å²) in [4.78, 5) is 25.6. The molecule has 1 aromatic carbocycles. The van der Waals surface area contributed by atoms with Crippen LogP contribution in [0.5, 0.6) is 0 Å². The summed E-state index contributed by atoms with van der Waals surface area (Å²) in [6.45, 7) is 1.76. The van der Waals surface area contributed by atoms with Gasteiger partial charge in [-0.3, -0.25) is 9.78 Å². The van der Waals surface area contributed by atoms with Crippen LogP contribution < -0.4 is 10.6 Å². The van der Waals surface area contributed by atoms with Crippen LogP contribution in [0.3, 0.4) is 0 Å². The lowest BCUT2D eigenvalue weighted by Gasteiger charge is -2.13. The van der Waals surface area contributed by atoms with Gasteiger partial charge in [-0.2, -0.15) is 0 Å². The normalized spacial score (nSPS) is 18.1. The summed E-state index contributed by atoms with van der Waals surface area (Å²) in [7, 11) is -3.02. The van der Waals surface area contributed by atoms with Crippen molar-refractivity contribution in [1.29, 1.82) is 0 Å². The number of carbonyl (C=O) groups excluding carboxylic acids is 1. The van der Waals surface area contributed by atoms with Crippen molar-refractivity contribution < 1.29 is 13.2 Å². The second-order valence-corrected chi connectivity index (χ2v) is 9.03. The monoisotopic (exact) mass is 397 g/mol. The minimum Gasteiger partial charge on any atom is -0.350 e. The molecule has 1 amide bonds. The van der Waals surface area contributed by atoms with E-state index in [1.54, 1.807) is 25.3 Å². The van der Waals surface area contributed by atoms with Crippen LogP contribution in [0, 0.1) is 6.92 Å². The summed E-state index contributed by atoms with van der Waals surface area (Å²) >= 11 is 0. The zero-order chi connectivity index (χ0) is 19.7. The number of anilines is 2. The van der Waals surface area contributed by atoms with Gasteiger partial charge >= 0.3 is 0 Å². The highest BCUT2D eigenvalue weighted by Crippen LogP contribution is 2.21. The fourth-order valence-corrected chi connectivity index (χ4v) is 4.91. The van der Waals surface area contributed by atoms with Crippen molar-refractivity contribution in [2.45, 2.75) is 19.4 Å². The van der Waals surface area contributed by atoms with Crippen molar-refractivity contribution in [3.8, 4) is 0 Å². The maximum atomic E-state index is 12.7. The number of hydrogen-bond acceptors (Lipinski definition) is 7. The summed E-state index contributed by atoms with van der Waals surface area (Å²) in [6, 6.07) is 10.6. The molecule has 2 aromatic heterocycles. The van der Waals surface area contributed by atoms with Crippen molar-refractivity contribution in [2.24, 2.45) is 0 Å². The van der Waals surface area contributed by atoms with Crippen LogP contribution in [0.1, 0.15) is 22.6 Å². The molecule has 0 radical (unpaired) electrons. The van der Waals surface area contributed by atoms with Gasteiger partial charge in [-0.05, 0) is 31.5 Å². The van der Waals surface area contributed by atoms with E-state index in [0.717, 1.165) is 5.39 Å². The molecule has 1 aliphatic heterocycles. The number of aryl methyl sites for hydroxylation is 1. The number of aromatic nitrogens is 3. The van der Waals surface area contributed by atoms with Crippen molar-refractivity contribution in [1.82, 2.24) is 15.0 Å². The number of amides is 1. The molecule has 28 heavy (non-hydrogen) atoms. The van der Waals surface area contributed by atoms with Crippen LogP contribution in [-0.4, -0.2) is 46.8 Å². The van der Waals surface area contributed by atoms with Gasteiger partial charge in [0.1, 0.15) is 5.69 Å². The van der Waals surface area contributed by atoms with Crippen molar-refractivity contribution >= 4 is 38.3 Å². The Balaban J connectivity index is 1.56. The van der Waals surface area contributed by atoms with E-state index in [2.05, 4.69) is 25.6 Å². The van der Waals surface area contributed by atoms with Gasteiger partial charge in [0.05, 0.1) is 22.7 Å². The number of hydrogen-bond donors (Lipinski definition) is 2. The van der Waals surface area contributed by atoms with Crippen LogP contribution in [0.4, 0.5) is 11.6 Å². The van der Waals surface area contributed by atoms with Gasteiger partial charge in [0.2, 0.25) is 5.95 Å². The molecule has 1 fully saturated rings. The highest BCUT2D eigenvalue weighted by atomic mass is 32.2. The lowest BCUT2D eigenvalue weighted by molar-refractivity contribution is 0.102. The zero-order valence-electron chi connectivity index (χ0n) is 15.2. The maximum Gasteiger partial charge on any atom is 0.274 e. The molecule has 0 bridgehead atoms. The summed E-state index contributed by atoms with van der Waals surface area (Å²) < 4.78 is 23.3. The smallest absolute Gasteiger partial charge is 0.274 e. The number of para-hydroxylation sites is 1. The largest absolute Gasteiger partial charge is 0.350 e. The van der Waals surface area contributed by atoms with Gasteiger partial charge in [0.15, 0.2) is 9.84 Å². The van der Waals surface area contributed by atoms with Gasteiger partial charge in [0, 0.05) is 23.3 Å². The first kappa shape index (κ1) is 18.3. The molecule has 1 saturated heterocycles. The maximum absolute atomic E-state index is 12.7. The molecule has 1 unspecified atom stereocenters. The van der Waals surface area contributed by atoms with Gasteiger partial charge in [-0.25, -0.2) is 18.4 Å². The lowest BCUT2D eigenvalue weighted by Crippen LogP contribution is -2.23. The molecular formula is C19H19N5O3S. The van der Waals surface area contributed by atoms with E-state index >= 15 is 0 Å². The number of nitrogens with zero attached hydrogens (tertiary/aromatic N) is 3. The number of nitrogens with one attached hydrogen (secondary N) is 2. The van der Waals surface area contributed by atoms with Crippen molar-refractivity contribution in [3.63, 3.8) is 0 Å². The molecule has 0 spiro atoms. The fraction of sp³-hybridized carbons (Fsp3) is 0.263. The summed E-state index contributed by atoms with van der Waals surface area (Å²) in [6.07, 6.45) is 2.17. The van der Waals surface area contributed by atoms with Gasteiger partial charge in [0.25, 0.3) is 5.91 Å². The lowest BCUT2D eigenvalue weighted by atomic mass is 10.2. The molecule has 1 atom stereocenters. The van der Waals surface area contributed by atoms with Crippen LogP contribution in [-0.2, 0) is 9.84 Å². The number of fused-ring (bicyclic) bond motifs is 1. The summed E-state index contributed by atoms with van der Waals surface area (Å²) in [5.74, 6) is 0.0693. The third-order valence-corrected chi connectivity index (χ3v) is 6.30. The highest BCUT2D eigenvalue weighted by Gasteiger charge is 2.28. The molecule has 0 aliphatic carbocycles. The molecule has 4 rings (SSSR count). The predicted molar refractivity (Wildman–Crippen MR) is 107 cm³/mol. The van der Waals surface area contributed by atoms with E-state index in [4.69, 9.17) is 0 Å². The van der Waals surface area contributed by atoms with E-state index < -0.39 is 9.84 Å². The molecule has 2 N–H and O–H groups in total. The van der Waals surface area contributed by atoms with Crippen LogP contribution in [0.2, 0.25) is 0 Å². The number of sulfone groups is 1. The second-order valence-electron chi connectivity index (χ2n) is 6.80. The number of rotatable bonds is 4. The molecule has 8 nitrogen and oxygen atoms in total. The van der Waals surface area contributed by atoms with E-state index in [0.29, 0.717) is 23.3 Å². The molecular weight excluding hydrogens is 378 g/mol. The standard InChI is InChI=1S/C19H19N5O3S/c1-12-10-16(24-19(21-12)22-14-7-9-28(26,27)11-14)18(25)23-15-6-2-4-13-5-3-8-20-17(13)15/h2-6,8,10,14H,7,9,11H2,1H3,(H,23,25)(H,21,22,24). The number of carbonyl (C=O) groups is 1. The first-order valence-electron chi connectivity index (χ1n) is 8.87. The Kier molecular flexibility index (Phi) is 4.68. The minimum absolute atomic E-state index is 0.0491. The third kappa shape index (κ3) is 3.94. The second kappa shape index (κ2) is 7.16. The van der Waals surface area contributed by atoms with Crippen molar-refractivity contribution in [2.75, 3.05) is 22.1 Å². The Morgan fingerprint density at radius 1 is 1.18 bits per heavy atom. The van der Waals surface area contributed by atoms with Crippen LogP contribution in [0.15, 0.2) is 42.6 Å². The Morgan fingerprint density at radius 3 is 2.79 bits per heavy atom. The SMILES string of the molecule is Cc1cc(C(=O)Nc2cccc3cccnc23)nc(NC2CCS(=O)(=O)C2)n1. The molecule has 1 aliphatic rings. The Hall–Kier alpha value is -3.07. The van der Waals surface area contributed by atoms with E-state index in [1.165, 1.54) is 0 Å². The van der Waals surface area contributed by atoms with E-state index in [1.807, 2.05) is 24.3 Å². The first-order valence-corrected chi connectivity index (χ1v) is 10.7. The Bertz CT molecular complexity index is 1160. The molecule has 9 heteroatoms. The average molecular weight is 397 g/mol. The molecule has 144 valence electrons. The van der Waals surface area contributed by atoms with E-state index in [-0.39, 0.29) is 35.1 Å². The summed E-state index contributed by atoms with van der Waals surface area (Å²) in [5, 5.41) is 6.80. The number of benzene rings is 1. The van der Waals surface area contributed by atoms with E-state index in [9.17, 15) is 13.2 Å². The predicted octanol–water partition coefficient (Wildman–Crippen LogP) is 2.18.